The van der Waals surface area contributed by atoms with E-state index in [2.05, 4.69) is 5.32 Å². The van der Waals surface area contributed by atoms with Gasteiger partial charge in [-0.05, 0) is 91.4 Å². The van der Waals surface area contributed by atoms with Crippen LogP contribution in [-0.2, 0) is 37.7 Å². The lowest BCUT2D eigenvalue weighted by Gasteiger charge is -2.23. The minimum Gasteiger partial charge on any atom is -0.325 e. The predicted octanol–water partition coefficient (Wildman–Crippen LogP) is 5.58. The van der Waals surface area contributed by atoms with Crippen LogP contribution >= 0.6 is 11.6 Å². The molecule has 1 amide bonds. The van der Waals surface area contributed by atoms with Crippen molar-refractivity contribution in [2.75, 3.05) is 29.3 Å². The van der Waals surface area contributed by atoms with Gasteiger partial charge in [0.05, 0.1) is 22.0 Å². The van der Waals surface area contributed by atoms with Crippen LogP contribution < -0.4 is 9.62 Å². The van der Waals surface area contributed by atoms with E-state index in [9.17, 15) is 21.6 Å². The van der Waals surface area contributed by atoms with Crippen LogP contribution in [0, 0.1) is 13.8 Å². The number of sulfonamides is 2. The monoisotopic (exact) mass is 637 g/mol. The molecule has 0 radical (unpaired) electrons. The molecule has 0 bridgehead atoms. The first-order valence-corrected chi connectivity index (χ1v) is 17.0. The average Bonchev–Trinajstić information content (AvgIpc) is 3.41. The minimum atomic E-state index is -4.01. The fourth-order valence-electron chi connectivity index (χ4n) is 5.08. The molecule has 0 aromatic heterocycles. The Bertz CT molecular complexity index is 1860. The van der Waals surface area contributed by atoms with E-state index in [0.717, 1.165) is 16.7 Å². The summed E-state index contributed by atoms with van der Waals surface area (Å²) in [7, 11) is -7.86. The fourth-order valence-corrected chi connectivity index (χ4v) is 8.41. The number of halogens is 1. The van der Waals surface area contributed by atoms with Crippen LogP contribution in [0.3, 0.4) is 0 Å². The number of amides is 1. The molecular weight excluding hydrogens is 606 g/mol. The number of hydrogen-bond acceptors (Lipinski definition) is 5. The van der Waals surface area contributed by atoms with Crippen LogP contribution in [-0.4, -0.2) is 46.7 Å². The summed E-state index contributed by atoms with van der Waals surface area (Å²) in [5.74, 6) is -0.535. The molecule has 0 unspecified atom stereocenters. The van der Waals surface area contributed by atoms with Gasteiger partial charge in [-0.1, -0.05) is 60.1 Å². The van der Waals surface area contributed by atoms with E-state index in [4.69, 9.17) is 11.6 Å². The van der Waals surface area contributed by atoms with Crippen molar-refractivity contribution in [1.29, 1.82) is 0 Å². The second-order valence-electron chi connectivity index (χ2n) is 10.5. The lowest BCUT2D eigenvalue weighted by Crippen LogP contribution is -2.39. The van der Waals surface area contributed by atoms with Crippen LogP contribution in [0.1, 0.15) is 22.3 Å². The molecule has 43 heavy (non-hydrogen) atoms. The average molecular weight is 638 g/mol. The topological polar surface area (TPSA) is 104 Å². The largest absolute Gasteiger partial charge is 0.325 e. The van der Waals surface area contributed by atoms with Gasteiger partial charge in [0.2, 0.25) is 15.9 Å². The summed E-state index contributed by atoms with van der Waals surface area (Å²) < 4.78 is 57.0. The van der Waals surface area contributed by atoms with Gasteiger partial charge in [0.15, 0.2) is 0 Å². The maximum atomic E-state index is 13.8. The first-order valence-electron chi connectivity index (χ1n) is 13.8. The number of aryl methyl sites for hydroxylation is 2. The molecule has 0 fully saturated rings. The number of carbonyl (C=O) groups excluding carboxylic acids is 1. The van der Waals surface area contributed by atoms with Gasteiger partial charge < -0.3 is 5.32 Å². The van der Waals surface area contributed by atoms with Crippen molar-refractivity contribution >= 4 is 48.9 Å². The number of fused-ring (bicyclic) bond motifs is 1. The van der Waals surface area contributed by atoms with Gasteiger partial charge in [-0.2, -0.15) is 4.31 Å². The second-order valence-corrected chi connectivity index (χ2v) is 14.7. The van der Waals surface area contributed by atoms with Crippen LogP contribution in [0.25, 0.3) is 0 Å². The first-order chi connectivity index (χ1) is 20.4. The molecule has 1 aliphatic rings. The van der Waals surface area contributed by atoms with Gasteiger partial charge in [0.25, 0.3) is 10.0 Å². The molecule has 8 nitrogen and oxygen atoms in total. The van der Waals surface area contributed by atoms with Crippen molar-refractivity contribution in [3.05, 3.63) is 118 Å². The third-order valence-corrected chi connectivity index (χ3v) is 11.5. The lowest BCUT2D eigenvalue weighted by atomic mass is 10.1. The van der Waals surface area contributed by atoms with Crippen molar-refractivity contribution < 1.29 is 21.6 Å². The summed E-state index contributed by atoms with van der Waals surface area (Å²) in [6, 6.07) is 25.8. The van der Waals surface area contributed by atoms with Gasteiger partial charge in [-0.25, -0.2) is 16.8 Å². The van der Waals surface area contributed by atoms with E-state index in [1.54, 1.807) is 37.3 Å². The third kappa shape index (κ3) is 6.78. The van der Waals surface area contributed by atoms with Crippen molar-refractivity contribution in [1.82, 2.24) is 4.31 Å². The molecule has 1 N–H and O–H groups in total. The molecule has 11 heteroatoms. The van der Waals surface area contributed by atoms with E-state index in [-0.39, 0.29) is 22.9 Å². The van der Waals surface area contributed by atoms with Gasteiger partial charge in [-0.3, -0.25) is 9.10 Å². The second kappa shape index (κ2) is 12.5. The van der Waals surface area contributed by atoms with Crippen LogP contribution in [0.2, 0.25) is 5.02 Å². The Morgan fingerprint density at radius 2 is 1.63 bits per heavy atom. The number of anilines is 2. The number of nitrogens with zero attached hydrogens (tertiary/aromatic N) is 2. The Labute approximate surface area is 258 Å². The SMILES string of the molecule is Cc1ccc(C)c(S(=O)(=O)N(CCc2ccccc2)CC(=O)Nc2ccc3c(c2)N(S(=O)(=O)c2ccc(Cl)cc2)CC3)c1. The Morgan fingerprint density at radius 1 is 0.907 bits per heavy atom. The normalized spacial score (nSPS) is 13.3. The molecule has 4 aromatic carbocycles. The molecule has 1 heterocycles. The molecule has 1 aliphatic heterocycles. The fraction of sp³-hybridized carbons (Fsp3) is 0.219. The summed E-state index contributed by atoms with van der Waals surface area (Å²) in [6.07, 6.45) is 0.951. The zero-order valence-corrected chi connectivity index (χ0v) is 26.2. The minimum absolute atomic E-state index is 0.102. The molecule has 0 saturated heterocycles. The van der Waals surface area contributed by atoms with E-state index < -0.39 is 32.5 Å². The maximum absolute atomic E-state index is 13.8. The predicted molar refractivity (Wildman–Crippen MR) is 170 cm³/mol. The van der Waals surface area contributed by atoms with E-state index in [1.807, 2.05) is 43.3 Å². The van der Waals surface area contributed by atoms with Gasteiger partial charge >= 0.3 is 0 Å². The van der Waals surface area contributed by atoms with Gasteiger partial charge in [0.1, 0.15) is 0 Å². The smallest absolute Gasteiger partial charge is 0.264 e. The highest BCUT2D eigenvalue weighted by molar-refractivity contribution is 7.92. The zero-order valence-electron chi connectivity index (χ0n) is 23.8. The molecule has 0 saturated carbocycles. The molecule has 5 rings (SSSR count). The van der Waals surface area contributed by atoms with Gasteiger partial charge in [-0.15, -0.1) is 0 Å². The summed E-state index contributed by atoms with van der Waals surface area (Å²) in [5, 5.41) is 3.22. The number of rotatable bonds is 10. The quantitative estimate of drug-likeness (QED) is 0.245. The highest BCUT2D eigenvalue weighted by Crippen LogP contribution is 2.35. The number of carbonyl (C=O) groups is 1. The van der Waals surface area contributed by atoms with Crippen LogP contribution in [0.5, 0.6) is 0 Å². The number of benzene rings is 4. The molecule has 224 valence electrons. The Balaban J connectivity index is 1.38. The van der Waals surface area contributed by atoms with E-state index in [0.29, 0.717) is 34.8 Å². The first kappa shape index (κ1) is 30.7. The van der Waals surface area contributed by atoms with Crippen molar-refractivity contribution in [2.24, 2.45) is 0 Å². The molecule has 0 spiro atoms. The Kier molecular flexibility index (Phi) is 8.94. The highest BCUT2D eigenvalue weighted by atomic mass is 35.5. The van der Waals surface area contributed by atoms with Crippen LogP contribution in [0.15, 0.2) is 101 Å². The molecule has 0 aliphatic carbocycles. The standard InChI is InChI=1S/C32H32ClN3O5S2/c1-23-8-9-24(2)31(20-23)43(40,41)35(18-16-25-6-4-3-5-7-25)22-32(37)34-28-13-10-26-17-19-36(30(26)21-28)42(38,39)29-14-11-27(33)12-15-29/h3-15,20-21H,16-19,22H2,1-2H3,(H,34,37). The maximum Gasteiger partial charge on any atom is 0.264 e. The molecular formula is C32H32ClN3O5S2. The molecule has 4 aromatic rings. The highest BCUT2D eigenvalue weighted by Gasteiger charge is 2.32. The summed E-state index contributed by atoms with van der Waals surface area (Å²) in [4.78, 5) is 13.6. The van der Waals surface area contributed by atoms with Gasteiger partial charge in [0, 0.05) is 23.8 Å². The number of hydrogen-bond donors (Lipinski definition) is 1. The molecule has 0 atom stereocenters. The lowest BCUT2D eigenvalue weighted by molar-refractivity contribution is -0.116. The summed E-state index contributed by atoms with van der Waals surface area (Å²) in [5.41, 5.74) is 4.01. The zero-order chi connectivity index (χ0) is 30.8. The Hall–Kier alpha value is -3.70. The Morgan fingerprint density at radius 3 is 2.35 bits per heavy atom. The third-order valence-electron chi connectivity index (χ3n) is 7.40. The van der Waals surface area contributed by atoms with E-state index >= 15 is 0 Å². The summed E-state index contributed by atoms with van der Waals surface area (Å²) in [6.45, 7) is 3.51. The van der Waals surface area contributed by atoms with Crippen molar-refractivity contribution in [3.63, 3.8) is 0 Å². The number of nitrogens with one attached hydrogen (secondary N) is 1. The van der Waals surface area contributed by atoms with Crippen molar-refractivity contribution in [3.8, 4) is 0 Å². The van der Waals surface area contributed by atoms with Crippen LogP contribution in [0.4, 0.5) is 11.4 Å². The summed E-state index contributed by atoms with van der Waals surface area (Å²) >= 11 is 5.95. The van der Waals surface area contributed by atoms with E-state index in [1.165, 1.54) is 32.9 Å². The van der Waals surface area contributed by atoms with Crippen molar-refractivity contribution in [2.45, 2.75) is 36.5 Å².